The molecular formula is C14H13N3O3. The Labute approximate surface area is 114 Å². The molecule has 0 aliphatic carbocycles. The van der Waals surface area contributed by atoms with Crippen LogP contribution in [0.5, 0.6) is 0 Å². The average molecular weight is 271 g/mol. The third-order valence-corrected chi connectivity index (χ3v) is 3.57. The van der Waals surface area contributed by atoms with Crippen LogP contribution in [-0.2, 0) is 0 Å². The number of nitrogens with zero attached hydrogens (tertiary/aromatic N) is 2. The first-order valence-electron chi connectivity index (χ1n) is 6.53. The molecule has 1 saturated heterocycles. The fourth-order valence-corrected chi connectivity index (χ4v) is 2.54. The number of para-hydroxylation sites is 1. The van der Waals surface area contributed by atoms with Gasteiger partial charge in [-0.05, 0) is 12.5 Å². The van der Waals surface area contributed by atoms with E-state index in [0.717, 1.165) is 16.5 Å². The molecule has 20 heavy (non-hydrogen) atoms. The maximum Gasteiger partial charge on any atom is 0.244 e. The molecule has 1 aromatic carbocycles. The molecule has 0 saturated carbocycles. The van der Waals surface area contributed by atoms with Gasteiger partial charge < -0.3 is 19.4 Å². The van der Waals surface area contributed by atoms with Gasteiger partial charge in [0.15, 0.2) is 0 Å². The molecule has 1 fully saturated rings. The van der Waals surface area contributed by atoms with Crippen LogP contribution in [0.1, 0.15) is 18.4 Å². The fraction of sp³-hybridized carbons (Fsp3) is 0.286. The Morgan fingerprint density at radius 3 is 3.05 bits per heavy atom. The van der Waals surface area contributed by atoms with Gasteiger partial charge in [-0.1, -0.05) is 23.4 Å². The molecule has 3 aromatic rings. The Hall–Kier alpha value is -2.18. The summed E-state index contributed by atoms with van der Waals surface area (Å²) in [6.07, 6.45) is 1.87. The lowest BCUT2D eigenvalue weighted by molar-refractivity contribution is 0.191. The minimum absolute atomic E-state index is 0.0792. The molecule has 2 atom stereocenters. The minimum atomic E-state index is -0.356. The third kappa shape index (κ3) is 1.81. The SMILES string of the molecule is O[C@H]1CN[C@@H](c2nc(-c3coc4ccccc34)no2)C1. The van der Waals surface area contributed by atoms with E-state index in [1.807, 2.05) is 24.3 Å². The van der Waals surface area contributed by atoms with Crippen molar-refractivity contribution in [1.29, 1.82) is 0 Å². The van der Waals surface area contributed by atoms with Gasteiger partial charge in [0, 0.05) is 11.9 Å². The summed E-state index contributed by atoms with van der Waals surface area (Å²) in [5, 5.41) is 17.6. The lowest BCUT2D eigenvalue weighted by atomic mass is 10.1. The molecule has 0 radical (unpaired) electrons. The van der Waals surface area contributed by atoms with Gasteiger partial charge in [-0.15, -0.1) is 0 Å². The quantitative estimate of drug-likeness (QED) is 0.740. The number of aliphatic hydroxyl groups is 1. The molecule has 6 heteroatoms. The molecule has 102 valence electrons. The van der Waals surface area contributed by atoms with Gasteiger partial charge in [0.2, 0.25) is 11.7 Å². The zero-order valence-electron chi connectivity index (χ0n) is 10.6. The summed E-state index contributed by atoms with van der Waals surface area (Å²) in [5.74, 6) is 1.01. The zero-order valence-corrected chi connectivity index (χ0v) is 10.6. The summed E-state index contributed by atoms with van der Waals surface area (Å²) in [6, 6.07) is 7.64. The van der Waals surface area contributed by atoms with E-state index in [2.05, 4.69) is 15.5 Å². The molecule has 0 unspecified atom stereocenters. The highest BCUT2D eigenvalue weighted by atomic mass is 16.5. The van der Waals surface area contributed by atoms with Crippen molar-refractivity contribution in [3.8, 4) is 11.4 Å². The number of aliphatic hydroxyl groups excluding tert-OH is 1. The standard InChI is InChI=1S/C14H13N3O3/c18-8-5-11(15-6-8)14-16-13(17-20-14)10-7-19-12-4-2-1-3-9(10)12/h1-4,7-8,11,15,18H,5-6H2/t8-,11-/m1/s1. The maximum absolute atomic E-state index is 9.53. The van der Waals surface area contributed by atoms with Gasteiger partial charge in [-0.2, -0.15) is 4.98 Å². The molecule has 2 N–H and O–H groups in total. The Bertz CT molecular complexity index is 749. The van der Waals surface area contributed by atoms with E-state index >= 15 is 0 Å². The molecule has 6 nitrogen and oxygen atoms in total. The Balaban J connectivity index is 1.71. The monoisotopic (exact) mass is 271 g/mol. The highest BCUT2D eigenvalue weighted by molar-refractivity contribution is 5.91. The van der Waals surface area contributed by atoms with Crippen molar-refractivity contribution in [3.05, 3.63) is 36.4 Å². The molecule has 4 rings (SSSR count). The number of nitrogens with one attached hydrogen (secondary N) is 1. The van der Waals surface area contributed by atoms with E-state index in [1.165, 1.54) is 0 Å². The van der Waals surface area contributed by atoms with E-state index < -0.39 is 0 Å². The minimum Gasteiger partial charge on any atom is -0.464 e. The zero-order chi connectivity index (χ0) is 13.5. The van der Waals surface area contributed by atoms with Gasteiger partial charge in [0.1, 0.15) is 11.8 Å². The third-order valence-electron chi connectivity index (χ3n) is 3.57. The van der Waals surface area contributed by atoms with Crippen molar-refractivity contribution in [3.63, 3.8) is 0 Å². The van der Waals surface area contributed by atoms with Crippen molar-refractivity contribution < 1.29 is 14.0 Å². The van der Waals surface area contributed by atoms with Crippen LogP contribution in [-0.4, -0.2) is 27.9 Å². The van der Waals surface area contributed by atoms with Crippen LogP contribution in [0.2, 0.25) is 0 Å². The van der Waals surface area contributed by atoms with Gasteiger partial charge in [0.25, 0.3) is 0 Å². The van der Waals surface area contributed by atoms with E-state index in [1.54, 1.807) is 6.26 Å². The van der Waals surface area contributed by atoms with Gasteiger partial charge in [-0.3, -0.25) is 0 Å². The predicted molar refractivity (Wildman–Crippen MR) is 70.9 cm³/mol. The second-order valence-electron chi connectivity index (χ2n) is 4.95. The number of rotatable bonds is 2. The van der Waals surface area contributed by atoms with Crippen molar-refractivity contribution in [2.24, 2.45) is 0 Å². The van der Waals surface area contributed by atoms with E-state index in [9.17, 15) is 5.11 Å². The summed E-state index contributed by atoms with van der Waals surface area (Å²) in [4.78, 5) is 4.41. The number of hydrogen-bond donors (Lipinski definition) is 2. The van der Waals surface area contributed by atoms with Crippen LogP contribution >= 0.6 is 0 Å². The maximum atomic E-state index is 9.53. The van der Waals surface area contributed by atoms with Gasteiger partial charge >= 0.3 is 0 Å². The van der Waals surface area contributed by atoms with E-state index in [0.29, 0.717) is 24.7 Å². The first-order valence-corrected chi connectivity index (χ1v) is 6.53. The molecule has 1 aliphatic rings. The lowest BCUT2D eigenvalue weighted by Crippen LogP contribution is -2.15. The van der Waals surface area contributed by atoms with Crippen LogP contribution < -0.4 is 5.32 Å². The van der Waals surface area contributed by atoms with Crippen LogP contribution in [0.3, 0.4) is 0 Å². The largest absolute Gasteiger partial charge is 0.464 e. The normalized spacial score (nSPS) is 22.6. The Kier molecular flexibility index (Phi) is 2.58. The first kappa shape index (κ1) is 11.6. The van der Waals surface area contributed by atoms with E-state index in [4.69, 9.17) is 8.94 Å². The Morgan fingerprint density at radius 1 is 1.30 bits per heavy atom. The summed E-state index contributed by atoms with van der Waals surface area (Å²) in [5.41, 5.74) is 1.61. The fourth-order valence-electron chi connectivity index (χ4n) is 2.54. The van der Waals surface area contributed by atoms with E-state index in [-0.39, 0.29) is 12.1 Å². The summed E-state index contributed by atoms with van der Waals surface area (Å²) >= 11 is 0. The Morgan fingerprint density at radius 2 is 2.20 bits per heavy atom. The molecule has 1 aliphatic heterocycles. The van der Waals surface area contributed by atoms with Crippen molar-refractivity contribution in [2.45, 2.75) is 18.6 Å². The summed E-state index contributed by atoms with van der Waals surface area (Å²) in [6.45, 7) is 0.553. The second kappa shape index (κ2) is 4.43. The summed E-state index contributed by atoms with van der Waals surface area (Å²) in [7, 11) is 0. The van der Waals surface area contributed by atoms with Crippen LogP contribution in [0.4, 0.5) is 0 Å². The van der Waals surface area contributed by atoms with Crippen molar-refractivity contribution in [2.75, 3.05) is 6.54 Å². The number of β-amino-alcohol motifs (C(OH)–C–C–N with tert-alkyl or cyclic N) is 1. The highest BCUT2D eigenvalue weighted by Gasteiger charge is 2.28. The lowest BCUT2D eigenvalue weighted by Gasteiger charge is -2.01. The van der Waals surface area contributed by atoms with Crippen LogP contribution in [0, 0.1) is 0 Å². The predicted octanol–water partition coefficient (Wildman–Crippen LogP) is 1.88. The molecule has 0 bridgehead atoms. The smallest absolute Gasteiger partial charge is 0.244 e. The number of aromatic nitrogens is 2. The molecular weight excluding hydrogens is 258 g/mol. The highest BCUT2D eigenvalue weighted by Crippen LogP contribution is 2.30. The molecule has 3 heterocycles. The van der Waals surface area contributed by atoms with Gasteiger partial charge in [0.05, 0.1) is 17.7 Å². The number of hydrogen-bond acceptors (Lipinski definition) is 6. The van der Waals surface area contributed by atoms with Crippen molar-refractivity contribution >= 4 is 11.0 Å². The molecule has 2 aromatic heterocycles. The summed E-state index contributed by atoms with van der Waals surface area (Å²) < 4.78 is 10.8. The van der Waals surface area contributed by atoms with Crippen LogP contribution in [0.15, 0.2) is 39.5 Å². The van der Waals surface area contributed by atoms with Crippen LogP contribution in [0.25, 0.3) is 22.4 Å². The first-order chi connectivity index (χ1) is 9.81. The molecule has 0 amide bonds. The second-order valence-corrected chi connectivity index (χ2v) is 4.95. The number of benzene rings is 1. The molecule has 0 spiro atoms. The topological polar surface area (TPSA) is 84.3 Å². The van der Waals surface area contributed by atoms with Crippen molar-refractivity contribution in [1.82, 2.24) is 15.5 Å². The van der Waals surface area contributed by atoms with Gasteiger partial charge in [-0.25, -0.2) is 0 Å². The number of furan rings is 1. The average Bonchev–Trinajstić information content (AvgIpc) is 3.15. The number of fused-ring (bicyclic) bond motifs is 1.